The topological polar surface area (TPSA) is 53.9 Å². The number of hydrazone groups is 1. The highest BCUT2D eigenvalue weighted by molar-refractivity contribution is 9.11. The number of carbonyl (C=O) groups is 1. The van der Waals surface area contributed by atoms with Gasteiger partial charge in [-0.25, -0.2) is 5.43 Å². The monoisotopic (exact) mass is 553 g/mol. The number of fused-ring (bicyclic) bond motifs is 1. The number of nitrogens with one attached hydrogen (secondary N) is 1. The molecular weight excluding hydrogens is 534 g/mol. The van der Waals surface area contributed by atoms with Crippen LogP contribution in [0, 0.1) is 0 Å². The van der Waals surface area contributed by atoms with Crippen molar-refractivity contribution in [2.24, 2.45) is 5.10 Å². The van der Waals surface area contributed by atoms with Crippen molar-refractivity contribution in [2.45, 2.75) is 26.3 Å². The van der Waals surface area contributed by atoms with Crippen molar-refractivity contribution in [1.29, 1.82) is 0 Å². The van der Waals surface area contributed by atoms with Crippen LogP contribution in [0.15, 0.2) is 50.5 Å². The van der Waals surface area contributed by atoms with Gasteiger partial charge in [-0.15, -0.1) is 0 Å². The minimum absolute atomic E-state index is 0.0895. The Morgan fingerprint density at radius 2 is 2.03 bits per heavy atom. The maximum absolute atomic E-state index is 12.0. The van der Waals surface area contributed by atoms with E-state index in [2.05, 4.69) is 81.2 Å². The second kappa shape index (κ2) is 9.12. The highest BCUT2D eigenvalue weighted by atomic mass is 79.9. The first-order valence-corrected chi connectivity index (χ1v) is 11.2. The molecule has 0 saturated heterocycles. The summed E-state index contributed by atoms with van der Waals surface area (Å²) >= 11 is 13.2. The average Bonchev–Trinajstić information content (AvgIpc) is 2.66. The minimum atomic E-state index is -0.368. The van der Waals surface area contributed by atoms with Crippen LogP contribution in [0.25, 0.3) is 5.57 Å². The number of likely N-dealkylation sites (N-methyl/N-ethyl adjacent to an activating group) is 1. The van der Waals surface area contributed by atoms with Gasteiger partial charge in [0.05, 0.1) is 21.2 Å². The third kappa shape index (κ3) is 5.07. The number of hydrogen-bond acceptors (Lipinski definition) is 4. The fraction of sp³-hybridized carbons (Fsp3) is 0.273. The van der Waals surface area contributed by atoms with Crippen molar-refractivity contribution < 1.29 is 9.53 Å². The van der Waals surface area contributed by atoms with Crippen LogP contribution in [0.1, 0.15) is 31.9 Å². The Hall–Kier alpha value is -1.83. The largest absolute Gasteiger partial charge is 0.483 e. The molecule has 1 aliphatic heterocycles. The van der Waals surface area contributed by atoms with Gasteiger partial charge in [0.15, 0.2) is 6.61 Å². The van der Waals surface area contributed by atoms with Gasteiger partial charge in [0, 0.05) is 28.3 Å². The number of nitrogens with zero attached hydrogens (tertiary/aromatic N) is 2. The molecule has 3 rings (SSSR count). The normalized spacial score (nSPS) is 15.0. The molecule has 1 amide bonds. The summed E-state index contributed by atoms with van der Waals surface area (Å²) in [4.78, 5) is 14.2. The lowest BCUT2D eigenvalue weighted by molar-refractivity contribution is -0.123. The Bertz CT molecular complexity index is 1050. The summed E-state index contributed by atoms with van der Waals surface area (Å²) in [6.45, 7) is 6.25. The molecule has 8 heteroatoms. The number of amides is 1. The highest BCUT2D eigenvalue weighted by Crippen LogP contribution is 2.40. The molecule has 0 radical (unpaired) electrons. The van der Waals surface area contributed by atoms with Crippen molar-refractivity contribution in [2.75, 3.05) is 18.6 Å². The molecule has 0 aromatic heterocycles. The maximum Gasteiger partial charge on any atom is 0.277 e. The molecule has 1 heterocycles. The molecular formula is C22H22Br2ClN3O2. The molecule has 0 bridgehead atoms. The van der Waals surface area contributed by atoms with Gasteiger partial charge in [0.2, 0.25) is 0 Å². The Kier molecular flexibility index (Phi) is 6.95. The molecule has 158 valence electrons. The zero-order valence-corrected chi connectivity index (χ0v) is 21.0. The Morgan fingerprint density at radius 1 is 1.30 bits per heavy atom. The molecule has 30 heavy (non-hydrogen) atoms. The first-order chi connectivity index (χ1) is 14.1. The minimum Gasteiger partial charge on any atom is -0.483 e. The molecule has 0 atom stereocenters. The van der Waals surface area contributed by atoms with Crippen LogP contribution in [0.5, 0.6) is 5.75 Å². The summed E-state index contributed by atoms with van der Waals surface area (Å²) in [5.74, 6) is 0.206. The van der Waals surface area contributed by atoms with Gasteiger partial charge in [-0.1, -0.05) is 33.6 Å². The van der Waals surface area contributed by atoms with E-state index in [4.69, 9.17) is 16.3 Å². The van der Waals surface area contributed by atoms with Crippen molar-refractivity contribution >= 4 is 66.8 Å². The van der Waals surface area contributed by atoms with Gasteiger partial charge in [-0.2, -0.15) is 5.10 Å². The Morgan fingerprint density at radius 3 is 2.73 bits per heavy atom. The van der Waals surface area contributed by atoms with Crippen molar-refractivity contribution in [3.8, 4) is 5.75 Å². The smallest absolute Gasteiger partial charge is 0.277 e. The molecule has 0 aliphatic carbocycles. The molecule has 5 nitrogen and oxygen atoms in total. The summed E-state index contributed by atoms with van der Waals surface area (Å²) in [5.41, 5.74) is 6.45. The van der Waals surface area contributed by atoms with Gasteiger partial charge in [-0.05, 0) is 72.6 Å². The van der Waals surface area contributed by atoms with E-state index in [0.29, 0.717) is 10.8 Å². The number of rotatable bonds is 5. The van der Waals surface area contributed by atoms with E-state index < -0.39 is 0 Å². The number of hydrogen-bond donors (Lipinski definition) is 1. The van der Waals surface area contributed by atoms with Gasteiger partial charge >= 0.3 is 0 Å². The first kappa shape index (κ1) is 22.8. The van der Waals surface area contributed by atoms with Crippen LogP contribution in [-0.2, 0) is 4.79 Å². The van der Waals surface area contributed by atoms with Gasteiger partial charge in [0.1, 0.15) is 5.75 Å². The molecule has 2 aromatic rings. The summed E-state index contributed by atoms with van der Waals surface area (Å²) in [7, 11) is 2.05. The van der Waals surface area contributed by atoms with Gasteiger partial charge in [0.25, 0.3) is 5.91 Å². The Balaban J connectivity index is 1.67. The average molecular weight is 556 g/mol. The van der Waals surface area contributed by atoms with Crippen molar-refractivity contribution in [3.05, 3.63) is 61.5 Å². The summed E-state index contributed by atoms with van der Waals surface area (Å²) < 4.78 is 7.18. The number of allylic oxidation sites excluding steroid dienone is 1. The third-order valence-corrected chi connectivity index (χ3v) is 6.42. The lowest BCUT2D eigenvalue weighted by atomic mass is 9.88. The number of carbonyl (C=O) groups excluding carboxylic acids is 1. The summed E-state index contributed by atoms with van der Waals surface area (Å²) in [6.07, 6.45) is 3.77. The molecule has 1 N–H and O–H groups in total. The van der Waals surface area contributed by atoms with Crippen LogP contribution in [0.3, 0.4) is 0 Å². The van der Waals surface area contributed by atoms with E-state index in [0.717, 1.165) is 25.8 Å². The van der Waals surface area contributed by atoms with E-state index in [1.807, 2.05) is 24.3 Å². The Labute approximate surface area is 198 Å². The molecule has 2 aromatic carbocycles. The zero-order chi connectivity index (χ0) is 22.1. The van der Waals surface area contributed by atoms with Crippen molar-refractivity contribution in [1.82, 2.24) is 5.43 Å². The molecule has 0 unspecified atom stereocenters. The van der Waals surface area contributed by atoms with Crippen molar-refractivity contribution in [3.63, 3.8) is 0 Å². The number of anilines is 1. The fourth-order valence-corrected chi connectivity index (χ4v) is 4.60. The summed E-state index contributed by atoms with van der Waals surface area (Å²) in [5, 5.41) is 4.60. The van der Waals surface area contributed by atoms with Crippen LogP contribution in [0.4, 0.5) is 5.69 Å². The predicted molar refractivity (Wildman–Crippen MR) is 131 cm³/mol. The second-order valence-electron chi connectivity index (χ2n) is 7.59. The SMILES string of the molecule is CC1=CC(C)(C)N(C)c2cc(Cl)c(/C=N/NC(=O)COc3ccc(Br)cc3Br)cc21. The maximum atomic E-state index is 12.0. The number of ether oxygens (including phenoxy) is 1. The van der Waals surface area contributed by atoms with E-state index in [-0.39, 0.29) is 18.1 Å². The van der Waals surface area contributed by atoms with E-state index >= 15 is 0 Å². The predicted octanol–water partition coefficient (Wildman–Crippen LogP) is 6.03. The third-order valence-electron chi connectivity index (χ3n) is 4.98. The van der Waals surface area contributed by atoms with Crippen LogP contribution in [-0.4, -0.2) is 31.3 Å². The first-order valence-electron chi connectivity index (χ1n) is 9.25. The van der Waals surface area contributed by atoms with E-state index in [1.54, 1.807) is 12.3 Å². The molecule has 1 aliphatic rings. The van der Waals surface area contributed by atoms with E-state index in [1.165, 1.54) is 5.57 Å². The quantitative estimate of drug-likeness (QED) is 0.362. The number of halogens is 3. The lowest BCUT2D eigenvalue weighted by Crippen LogP contribution is -2.42. The van der Waals surface area contributed by atoms with Crippen LogP contribution >= 0.6 is 43.5 Å². The molecule has 0 fully saturated rings. The fourth-order valence-electron chi connectivity index (χ4n) is 3.23. The van der Waals surface area contributed by atoms with E-state index in [9.17, 15) is 4.79 Å². The lowest BCUT2D eigenvalue weighted by Gasteiger charge is -2.40. The highest BCUT2D eigenvalue weighted by Gasteiger charge is 2.29. The number of benzene rings is 2. The van der Waals surface area contributed by atoms with Gasteiger partial charge in [-0.3, -0.25) is 4.79 Å². The molecule has 0 spiro atoms. The summed E-state index contributed by atoms with van der Waals surface area (Å²) in [6, 6.07) is 9.38. The van der Waals surface area contributed by atoms with Crippen LogP contribution in [0.2, 0.25) is 5.02 Å². The zero-order valence-electron chi connectivity index (χ0n) is 17.1. The standard InChI is InChI=1S/C22H22Br2ClN3O2/c1-13-10-22(2,3)28(4)19-9-18(25)14(7-16(13)19)11-26-27-21(29)12-30-20-6-5-15(23)8-17(20)24/h5-11H,12H2,1-4H3,(H,27,29)/b26-11+. The van der Waals surface area contributed by atoms with Crippen LogP contribution < -0.4 is 15.1 Å². The molecule has 0 saturated carbocycles. The second-order valence-corrected chi connectivity index (χ2v) is 9.76. The van der Waals surface area contributed by atoms with Gasteiger partial charge < -0.3 is 9.64 Å².